The quantitative estimate of drug-likeness (QED) is 0.270. The summed E-state index contributed by atoms with van der Waals surface area (Å²) in [6, 6.07) is 6.72. The normalized spacial score (nSPS) is 22.6. The molecular weight excluding hydrogens is 500 g/mol. The van der Waals surface area contributed by atoms with Crippen LogP contribution < -0.4 is 10.2 Å². The Bertz CT molecular complexity index is 710. The summed E-state index contributed by atoms with van der Waals surface area (Å²) in [5.41, 5.74) is 1.08. The van der Waals surface area contributed by atoms with Crippen LogP contribution in [0, 0.1) is 17.7 Å². The van der Waals surface area contributed by atoms with Crippen LogP contribution in [-0.2, 0) is 9.53 Å². The van der Waals surface area contributed by atoms with Gasteiger partial charge >= 0.3 is 5.97 Å². The minimum Gasteiger partial charge on any atom is -0.469 e. The molecule has 7 nitrogen and oxygen atoms in total. The van der Waals surface area contributed by atoms with Gasteiger partial charge < -0.3 is 19.9 Å². The number of ether oxygens (including phenoxy) is 1. The number of esters is 1. The number of nitrogens with one attached hydrogen (secondary N) is 1. The number of benzene rings is 1. The molecule has 0 saturated carbocycles. The molecule has 0 spiro atoms. The minimum atomic E-state index is -0.197. The number of hydrogen-bond acceptors (Lipinski definition) is 5. The van der Waals surface area contributed by atoms with Crippen LogP contribution in [0.3, 0.4) is 0 Å². The number of piperazine rings is 1. The molecule has 2 aliphatic rings. The highest BCUT2D eigenvalue weighted by atomic mass is 127. The van der Waals surface area contributed by atoms with Gasteiger partial charge in [-0.3, -0.25) is 14.7 Å². The highest BCUT2D eigenvalue weighted by Gasteiger charge is 2.36. The van der Waals surface area contributed by atoms with E-state index in [0.717, 1.165) is 57.5 Å². The van der Waals surface area contributed by atoms with Gasteiger partial charge in [-0.05, 0) is 30.2 Å². The van der Waals surface area contributed by atoms with E-state index >= 15 is 0 Å². The third-order valence-electron chi connectivity index (χ3n) is 5.90. The lowest BCUT2D eigenvalue weighted by atomic mass is 9.99. The summed E-state index contributed by atoms with van der Waals surface area (Å²) in [6.45, 7) is 9.08. The average Bonchev–Trinajstić information content (AvgIpc) is 3.13. The van der Waals surface area contributed by atoms with Crippen molar-refractivity contribution in [1.29, 1.82) is 0 Å². The molecule has 9 heteroatoms. The monoisotopic (exact) mass is 533 g/mol. The first-order chi connectivity index (χ1) is 14.0. The molecule has 1 aromatic carbocycles. The highest BCUT2D eigenvalue weighted by molar-refractivity contribution is 14.0. The van der Waals surface area contributed by atoms with Crippen molar-refractivity contribution in [1.82, 2.24) is 15.1 Å². The number of aliphatic imine (C=N–C) groups is 1. The first kappa shape index (κ1) is 24.6. The molecule has 2 fully saturated rings. The van der Waals surface area contributed by atoms with Gasteiger partial charge in [0.1, 0.15) is 5.82 Å². The van der Waals surface area contributed by atoms with Crippen molar-refractivity contribution in [2.75, 3.05) is 71.4 Å². The van der Waals surface area contributed by atoms with Gasteiger partial charge in [-0.1, -0.05) is 6.92 Å². The van der Waals surface area contributed by atoms with Crippen LogP contribution in [0.1, 0.15) is 6.92 Å². The molecule has 2 unspecified atom stereocenters. The molecule has 30 heavy (non-hydrogen) atoms. The number of halogens is 2. The van der Waals surface area contributed by atoms with Gasteiger partial charge in [-0.25, -0.2) is 4.39 Å². The van der Waals surface area contributed by atoms with Crippen LogP contribution in [0.15, 0.2) is 29.3 Å². The molecule has 2 heterocycles. The summed E-state index contributed by atoms with van der Waals surface area (Å²) in [7, 11) is 3.22. The molecule has 0 radical (unpaired) electrons. The Kier molecular flexibility index (Phi) is 9.60. The maximum atomic E-state index is 13.1. The number of carbonyl (C=O) groups is 1. The molecule has 1 N–H and O–H groups in total. The highest BCUT2D eigenvalue weighted by Crippen LogP contribution is 2.24. The van der Waals surface area contributed by atoms with Gasteiger partial charge in [0.15, 0.2) is 5.96 Å². The number of hydrogen-bond donors (Lipinski definition) is 1. The number of rotatable bonds is 5. The molecule has 0 aliphatic carbocycles. The lowest BCUT2D eigenvalue weighted by Crippen LogP contribution is -2.49. The van der Waals surface area contributed by atoms with E-state index in [1.807, 2.05) is 12.1 Å². The number of likely N-dealkylation sites (tertiary alicyclic amines) is 1. The zero-order valence-corrected chi connectivity index (χ0v) is 20.3. The Morgan fingerprint density at radius 1 is 1.20 bits per heavy atom. The third-order valence-corrected chi connectivity index (χ3v) is 5.90. The van der Waals surface area contributed by atoms with Gasteiger partial charge in [-0.15, -0.1) is 24.0 Å². The smallest absolute Gasteiger partial charge is 0.310 e. The molecule has 168 valence electrons. The number of methoxy groups -OCH3 is 1. The first-order valence-corrected chi connectivity index (χ1v) is 10.3. The Hall–Kier alpha value is -1.62. The van der Waals surface area contributed by atoms with Gasteiger partial charge in [0.2, 0.25) is 0 Å². The van der Waals surface area contributed by atoms with E-state index in [2.05, 4.69) is 31.9 Å². The second-order valence-electron chi connectivity index (χ2n) is 7.79. The molecule has 3 rings (SSSR count). The van der Waals surface area contributed by atoms with Crippen LogP contribution >= 0.6 is 24.0 Å². The number of carbonyl (C=O) groups excluding carboxylic acids is 1. The predicted octanol–water partition coefficient (Wildman–Crippen LogP) is 1.88. The number of nitrogens with zero attached hydrogens (tertiary/aromatic N) is 4. The minimum absolute atomic E-state index is 0. The van der Waals surface area contributed by atoms with E-state index in [-0.39, 0.29) is 47.6 Å². The molecule has 2 atom stereocenters. The van der Waals surface area contributed by atoms with E-state index in [1.54, 1.807) is 7.05 Å². The topological polar surface area (TPSA) is 60.4 Å². The summed E-state index contributed by atoms with van der Waals surface area (Å²) in [4.78, 5) is 23.1. The SMILES string of the molecule is CN=C(NCCN1CCN(c2ccc(F)cc2)CC1)N1CC(C)C(C(=O)OC)C1.I. The van der Waals surface area contributed by atoms with Gasteiger partial charge in [0.25, 0.3) is 0 Å². The fourth-order valence-electron chi connectivity index (χ4n) is 4.14. The van der Waals surface area contributed by atoms with Gasteiger partial charge in [0.05, 0.1) is 13.0 Å². The van der Waals surface area contributed by atoms with Crippen molar-refractivity contribution in [2.45, 2.75) is 6.92 Å². The Labute approximate surface area is 195 Å². The number of guanidine groups is 1. The summed E-state index contributed by atoms with van der Waals surface area (Å²) in [5, 5.41) is 3.43. The van der Waals surface area contributed by atoms with Crippen molar-refractivity contribution in [2.24, 2.45) is 16.8 Å². The van der Waals surface area contributed by atoms with Crippen molar-refractivity contribution < 1.29 is 13.9 Å². The van der Waals surface area contributed by atoms with Crippen molar-refractivity contribution in [3.63, 3.8) is 0 Å². The molecule has 0 amide bonds. The zero-order chi connectivity index (χ0) is 20.8. The molecule has 2 saturated heterocycles. The second kappa shape index (κ2) is 11.7. The Balaban J connectivity index is 0.00000320. The third kappa shape index (κ3) is 6.19. The molecule has 2 aliphatic heterocycles. The van der Waals surface area contributed by atoms with Crippen LogP contribution in [0.2, 0.25) is 0 Å². The standard InChI is InChI=1S/C21H32FN5O2.HI/c1-16-14-27(15-19(16)20(28)29-3)21(23-2)24-8-9-25-10-12-26(13-11-25)18-6-4-17(22)5-7-18;/h4-7,16,19H,8-15H2,1-3H3,(H,23,24);1H. The predicted molar refractivity (Wildman–Crippen MR) is 128 cm³/mol. The lowest BCUT2D eigenvalue weighted by molar-refractivity contribution is -0.145. The molecule has 0 bridgehead atoms. The van der Waals surface area contributed by atoms with E-state index in [1.165, 1.54) is 19.2 Å². The zero-order valence-electron chi connectivity index (χ0n) is 18.0. The van der Waals surface area contributed by atoms with Gasteiger partial charge in [0, 0.05) is 65.1 Å². The van der Waals surface area contributed by atoms with Crippen molar-refractivity contribution in [3.05, 3.63) is 30.1 Å². The summed E-state index contributed by atoms with van der Waals surface area (Å²) < 4.78 is 18.0. The van der Waals surface area contributed by atoms with Crippen LogP contribution in [0.25, 0.3) is 0 Å². The van der Waals surface area contributed by atoms with Crippen molar-refractivity contribution in [3.8, 4) is 0 Å². The second-order valence-corrected chi connectivity index (χ2v) is 7.79. The largest absolute Gasteiger partial charge is 0.469 e. The van der Waals surface area contributed by atoms with Crippen LogP contribution in [0.5, 0.6) is 0 Å². The maximum absolute atomic E-state index is 13.1. The molecular formula is C21H33FIN5O2. The Morgan fingerprint density at radius 3 is 2.47 bits per heavy atom. The van der Waals surface area contributed by atoms with Crippen molar-refractivity contribution >= 4 is 41.6 Å². The fourth-order valence-corrected chi connectivity index (χ4v) is 4.14. The van der Waals surface area contributed by atoms with E-state index < -0.39 is 0 Å². The van der Waals surface area contributed by atoms with Crippen LogP contribution in [-0.4, -0.2) is 88.2 Å². The lowest BCUT2D eigenvalue weighted by Gasteiger charge is -2.36. The molecule has 0 aromatic heterocycles. The van der Waals surface area contributed by atoms with Crippen LogP contribution in [0.4, 0.5) is 10.1 Å². The summed E-state index contributed by atoms with van der Waals surface area (Å²) >= 11 is 0. The van der Waals surface area contributed by atoms with E-state index in [9.17, 15) is 9.18 Å². The van der Waals surface area contributed by atoms with Gasteiger partial charge in [-0.2, -0.15) is 0 Å². The number of anilines is 1. The van der Waals surface area contributed by atoms with E-state index in [0.29, 0.717) is 6.54 Å². The first-order valence-electron chi connectivity index (χ1n) is 10.3. The average molecular weight is 533 g/mol. The maximum Gasteiger partial charge on any atom is 0.310 e. The molecule has 1 aromatic rings. The van der Waals surface area contributed by atoms with E-state index in [4.69, 9.17) is 4.74 Å². The summed E-state index contributed by atoms with van der Waals surface area (Å²) in [5.74, 6) is 0.651. The fraction of sp³-hybridized carbons (Fsp3) is 0.619. The Morgan fingerprint density at radius 2 is 1.87 bits per heavy atom. The summed E-state index contributed by atoms with van der Waals surface area (Å²) in [6.07, 6.45) is 0.